The maximum atomic E-state index is 11.0. The molecule has 0 aromatic heterocycles. The van der Waals surface area contributed by atoms with Gasteiger partial charge in [0, 0.05) is 6.04 Å². The maximum absolute atomic E-state index is 11.0. The first kappa shape index (κ1) is 14.0. The minimum Gasteiger partial charge on any atom is -0.481 e. The van der Waals surface area contributed by atoms with Crippen molar-refractivity contribution in [3.8, 4) is 0 Å². The van der Waals surface area contributed by atoms with Crippen molar-refractivity contribution < 1.29 is 15.0 Å². The van der Waals surface area contributed by atoms with Crippen molar-refractivity contribution in [2.75, 3.05) is 6.61 Å². The molecule has 3 N–H and O–H groups in total. The normalized spacial score (nSPS) is 24.9. The number of carboxylic acids is 1. The van der Waals surface area contributed by atoms with Gasteiger partial charge in [0.25, 0.3) is 0 Å². The molecule has 4 heteroatoms. The summed E-state index contributed by atoms with van der Waals surface area (Å²) in [6.07, 6.45) is 3.33. The quantitative estimate of drug-likeness (QED) is 0.759. The smallest absolute Gasteiger partial charge is 0.306 e. The second kappa shape index (κ2) is 6.68. The third-order valence-corrected chi connectivity index (χ3v) is 3.84. The number of aliphatic carboxylic acids is 1. The molecule has 19 heavy (non-hydrogen) atoms. The predicted molar refractivity (Wildman–Crippen MR) is 72.8 cm³/mol. The molecule has 1 aromatic carbocycles. The Balaban J connectivity index is 1.97. The Morgan fingerprint density at radius 2 is 2.05 bits per heavy atom. The third-order valence-electron chi connectivity index (χ3n) is 3.84. The van der Waals surface area contributed by atoms with Crippen LogP contribution in [-0.2, 0) is 4.79 Å². The van der Waals surface area contributed by atoms with Crippen molar-refractivity contribution in [3.63, 3.8) is 0 Å². The lowest BCUT2D eigenvalue weighted by Crippen LogP contribution is -2.39. The Morgan fingerprint density at radius 3 is 2.68 bits per heavy atom. The van der Waals surface area contributed by atoms with E-state index in [2.05, 4.69) is 5.32 Å². The summed E-state index contributed by atoms with van der Waals surface area (Å²) < 4.78 is 0. The lowest BCUT2D eigenvalue weighted by atomic mass is 9.85. The van der Waals surface area contributed by atoms with Gasteiger partial charge in [-0.25, -0.2) is 0 Å². The first-order valence-corrected chi connectivity index (χ1v) is 6.85. The van der Waals surface area contributed by atoms with E-state index < -0.39 is 5.97 Å². The highest BCUT2D eigenvalue weighted by atomic mass is 16.4. The first-order chi connectivity index (χ1) is 9.20. The van der Waals surface area contributed by atoms with Crippen molar-refractivity contribution in [1.82, 2.24) is 5.32 Å². The molecule has 2 unspecified atom stereocenters. The summed E-state index contributed by atoms with van der Waals surface area (Å²) in [6.45, 7) is 0.0260. The standard InChI is InChI=1S/C15H21NO3/c17-10-14(11-5-2-1-3-6-11)16-13-8-4-7-12(9-13)15(18)19/h1-3,5-6,12-14,16-17H,4,7-10H2,(H,18,19)/t12?,13?,14-/m0/s1. The highest BCUT2D eigenvalue weighted by Gasteiger charge is 2.28. The second-order valence-electron chi connectivity index (χ2n) is 5.21. The lowest BCUT2D eigenvalue weighted by molar-refractivity contribution is -0.143. The molecule has 1 saturated carbocycles. The molecule has 2 rings (SSSR count). The largest absolute Gasteiger partial charge is 0.481 e. The molecule has 104 valence electrons. The molecule has 0 radical (unpaired) electrons. The van der Waals surface area contributed by atoms with Crippen LogP contribution in [0.2, 0.25) is 0 Å². The molecular formula is C15H21NO3. The van der Waals surface area contributed by atoms with Crippen LogP contribution in [0.5, 0.6) is 0 Å². The molecule has 4 nitrogen and oxygen atoms in total. The Hall–Kier alpha value is -1.39. The summed E-state index contributed by atoms with van der Waals surface area (Å²) >= 11 is 0. The Labute approximate surface area is 113 Å². The van der Waals surface area contributed by atoms with Crippen molar-refractivity contribution in [2.24, 2.45) is 5.92 Å². The molecule has 3 atom stereocenters. The molecular weight excluding hydrogens is 242 g/mol. The van der Waals surface area contributed by atoms with Gasteiger partial charge in [-0.2, -0.15) is 0 Å². The van der Waals surface area contributed by atoms with E-state index in [0.717, 1.165) is 24.8 Å². The maximum Gasteiger partial charge on any atom is 0.306 e. The van der Waals surface area contributed by atoms with Gasteiger partial charge in [-0.05, 0) is 24.8 Å². The van der Waals surface area contributed by atoms with Gasteiger partial charge in [0.1, 0.15) is 0 Å². The number of aliphatic hydroxyl groups is 1. The van der Waals surface area contributed by atoms with Gasteiger partial charge in [0.2, 0.25) is 0 Å². The van der Waals surface area contributed by atoms with Crippen LogP contribution >= 0.6 is 0 Å². The van der Waals surface area contributed by atoms with Gasteiger partial charge >= 0.3 is 5.97 Å². The number of carboxylic acid groups (broad SMARTS) is 1. The molecule has 0 aliphatic heterocycles. The van der Waals surface area contributed by atoms with Crippen molar-refractivity contribution in [3.05, 3.63) is 35.9 Å². The van der Waals surface area contributed by atoms with Gasteiger partial charge in [0.05, 0.1) is 18.6 Å². The Bertz CT molecular complexity index is 407. The minimum absolute atomic E-state index is 0.0260. The molecule has 0 heterocycles. The van der Waals surface area contributed by atoms with Crippen molar-refractivity contribution in [1.29, 1.82) is 0 Å². The number of benzene rings is 1. The SMILES string of the molecule is O=C(O)C1CCCC(N[C@@H](CO)c2ccccc2)C1. The van der Waals surface area contributed by atoms with Crippen LogP contribution in [0, 0.1) is 5.92 Å². The number of rotatable bonds is 5. The summed E-state index contributed by atoms with van der Waals surface area (Å²) in [6, 6.07) is 9.85. The van der Waals surface area contributed by atoms with Gasteiger partial charge < -0.3 is 15.5 Å². The van der Waals surface area contributed by atoms with Crippen LogP contribution in [0.1, 0.15) is 37.3 Å². The average molecular weight is 263 g/mol. The van der Waals surface area contributed by atoms with E-state index in [9.17, 15) is 9.90 Å². The number of aliphatic hydroxyl groups excluding tert-OH is 1. The Kier molecular flexibility index (Phi) is 4.93. The monoisotopic (exact) mass is 263 g/mol. The van der Waals surface area contributed by atoms with E-state index in [1.165, 1.54) is 0 Å². The van der Waals surface area contributed by atoms with Gasteiger partial charge in [-0.1, -0.05) is 36.8 Å². The molecule has 0 bridgehead atoms. The van der Waals surface area contributed by atoms with Crippen molar-refractivity contribution >= 4 is 5.97 Å². The molecule has 1 fully saturated rings. The van der Waals surface area contributed by atoms with Gasteiger partial charge in [-0.15, -0.1) is 0 Å². The van der Waals surface area contributed by atoms with E-state index in [0.29, 0.717) is 6.42 Å². The molecule has 0 amide bonds. The number of hydrogen-bond acceptors (Lipinski definition) is 3. The molecule has 0 spiro atoms. The third kappa shape index (κ3) is 3.78. The van der Waals surface area contributed by atoms with Gasteiger partial charge in [0.15, 0.2) is 0 Å². The van der Waals surface area contributed by atoms with Crippen LogP contribution in [0.3, 0.4) is 0 Å². The highest BCUT2D eigenvalue weighted by molar-refractivity contribution is 5.70. The highest BCUT2D eigenvalue weighted by Crippen LogP contribution is 2.26. The molecule has 0 saturated heterocycles. The zero-order valence-electron chi connectivity index (χ0n) is 11.0. The summed E-state index contributed by atoms with van der Waals surface area (Å²) in [5.74, 6) is -0.951. The summed E-state index contributed by atoms with van der Waals surface area (Å²) in [7, 11) is 0. The molecule has 1 aliphatic rings. The van der Waals surface area contributed by atoms with E-state index in [1.807, 2.05) is 30.3 Å². The fourth-order valence-electron chi connectivity index (χ4n) is 2.79. The fraction of sp³-hybridized carbons (Fsp3) is 0.533. The van der Waals surface area contributed by atoms with E-state index in [1.54, 1.807) is 0 Å². The summed E-state index contributed by atoms with van der Waals surface area (Å²) in [5, 5.41) is 22.0. The number of hydrogen-bond donors (Lipinski definition) is 3. The fourth-order valence-corrected chi connectivity index (χ4v) is 2.79. The van der Waals surface area contributed by atoms with E-state index in [4.69, 9.17) is 5.11 Å². The van der Waals surface area contributed by atoms with Crippen LogP contribution in [-0.4, -0.2) is 28.8 Å². The molecule has 1 aliphatic carbocycles. The topological polar surface area (TPSA) is 69.6 Å². The summed E-state index contributed by atoms with van der Waals surface area (Å²) in [5.41, 5.74) is 1.04. The van der Waals surface area contributed by atoms with Crippen LogP contribution in [0.15, 0.2) is 30.3 Å². The minimum atomic E-state index is -0.702. The van der Waals surface area contributed by atoms with E-state index in [-0.39, 0.29) is 24.6 Å². The number of carbonyl (C=O) groups is 1. The first-order valence-electron chi connectivity index (χ1n) is 6.85. The van der Waals surface area contributed by atoms with Crippen LogP contribution in [0.25, 0.3) is 0 Å². The van der Waals surface area contributed by atoms with Crippen LogP contribution in [0.4, 0.5) is 0 Å². The zero-order chi connectivity index (χ0) is 13.7. The van der Waals surface area contributed by atoms with Gasteiger partial charge in [-0.3, -0.25) is 4.79 Å². The lowest BCUT2D eigenvalue weighted by Gasteiger charge is -2.30. The molecule has 1 aromatic rings. The van der Waals surface area contributed by atoms with Crippen molar-refractivity contribution in [2.45, 2.75) is 37.8 Å². The van der Waals surface area contributed by atoms with E-state index >= 15 is 0 Å². The average Bonchev–Trinajstić information content (AvgIpc) is 2.46. The second-order valence-corrected chi connectivity index (χ2v) is 5.21. The zero-order valence-corrected chi connectivity index (χ0v) is 11.0. The number of nitrogens with one attached hydrogen (secondary N) is 1. The summed E-state index contributed by atoms with van der Waals surface area (Å²) in [4.78, 5) is 11.0. The Morgan fingerprint density at radius 1 is 1.32 bits per heavy atom. The van der Waals surface area contributed by atoms with Crippen LogP contribution < -0.4 is 5.32 Å². The predicted octanol–water partition coefficient (Wildman–Crippen LogP) is 1.95.